The molecule has 2 saturated carbocycles. The van der Waals surface area contributed by atoms with Crippen molar-refractivity contribution in [2.75, 3.05) is 20.7 Å². The molecule has 6 unspecified atom stereocenters. The van der Waals surface area contributed by atoms with Crippen LogP contribution in [0.15, 0.2) is 60.8 Å². The maximum atomic E-state index is 16.6. The first-order chi connectivity index (χ1) is 30.1. The Morgan fingerprint density at radius 1 is 0.889 bits per heavy atom. The lowest BCUT2D eigenvalue weighted by Gasteiger charge is -2.32. The number of halogens is 2. The highest BCUT2D eigenvalue weighted by atomic mass is 19.3. The largest absolute Gasteiger partial charge is 0.453 e. The van der Waals surface area contributed by atoms with E-state index in [1.165, 1.54) is 13.2 Å². The first-order valence-corrected chi connectivity index (χ1v) is 22.1. The van der Waals surface area contributed by atoms with Crippen molar-refractivity contribution in [1.29, 1.82) is 0 Å². The standard InChI is InChI=1S/C48H56F2N8O5/c1-24(2)39(57-46(62)63-6)44(60)56-40(25(3)4)45(61)58-23-47(15-16-47)21-38(58)42-52-22-37(55-42)28-9-13-32-31-12-8-26(18-33(31)48(49,50)34(32)19-28)27-10-14-35-36(20-27)54-43(53-35)41(51-5)29-7-11-30(59)17-29/h8-10,12-14,18-20,22,24-25,29-30,38-41,51,59H,7,11,15-17,21,23H2,1-6H3,(H,52,55)(H,53,54)(H,56,60)(H,57,62). The van der Waals surface area contributed by atoms with Gasteiger partial charge in [-0.25, -0.2) is 14.8 Å². The van der Waals surface area contributed by atoms with E-state index in [9.17, 15) is 19.5 Å². The molecule has 0 radical (unpaired) electrons. The summed E-state index contributed by atoms with van der Waals surface area (Å²) in [5, 5.41) is 19.0. The lowest BCUT2D eigenvalue weighted by atomic mass is 9.97. The second kappa shape index (κ2) is 16.2. The Morgan fingerprint density at radius 2 is 1.56 bits per heavy atom. The minimum absolute atomic E-state index is 0.0312. The average molecular weight is 863 g/mol. The fraction of sp³-hybridized carbons (Fsp3) is 0.479. The number of nitrogens with one attached hydrogen (secondary N) is 5. The predicted molar refractivity (Wildman–Crippen MR) is 234 cm³/mol. The number of carbonyl (C=O) groups is 3. The smallest absolute Gasteiger partial charge is 0.407 e. The maximum absolute atomic E-state index is 16.6. The van der Waals surface area contributed by atoms with Crippen LogP contribution in [0.3, 0.4) is 0 Å². The fourth-order valence-corrected chi connectivity index (χ4v) is 10.2. The molecule has 6 atom stereocenters. The summed E-state index contributed by atoms with van der Waals surface area (Å²) in [6.45, 7) is 7.86. The number of alkyl halides is 2. The Morgan fingerprint density at radius 3 is 2.19 bits per heavy atom. The summed E-state index contributed by atoms with van der Waals surface area (Å²) in [5.41, 5.74) is 4.96. The number of benzene rings is 3. The summed E-state index contributed by atoms with van der Waals surface area (Å²) < 4.78 is 37.9. The molecular weight excluding hydrogens is 807 g/mol. The molecule has 9 rings (SSSR count). The van der Waals surface area contributed by atoms with Gasteiger partial charge in [0, 0.05) is 23.2 Å². The van der Waals surface area contributed by atoms with Crippen LogP contribution in [-0.4, -0.2) is 86.7 Å². The van der Waals surface area contributed by atoms with E-state index < -0.39 is 36.0 Å². The van der Waals surface area contributed by atoms with Gasteiger partial charge in [0.2, 0.25) is 11.8 Å². The summed E-state index contributed by atoms with van der Waals surface area (Å²) in [6, 6.07) is 13.9. The number of likely N-dealkylation sites (tertiary alicyclic amines) is 1. The number of carbonyl (C=O) groups excluding carboxylic acids is 3. The van der Waals surface area contributed by atoms with Crippen molar-refractivity contribution in [3.63, 3.8) is 0 Å². The van der Waals surface area contributed by atoms with Crippen molar-refractivity contribution in [2.45, 2.75) is 102 Å². The third kappa shape index (κ3) is 7.77. The molecule has 1 saturated heterocycles. The summed E-state index contributed by atoms with van der Waals surface area (Å²) >= 11 is 0. The van der Waals surface area contributed by atoms with Gasteiger partial charge in [-0.05, 0) is 115 Å². The highest BCUT2D eigenvalue weighted by Gasteiger charge is 2.55. The van der Waals surface area contributed by atoms with E-state index in [0.29, 0.717) is 46.7 Å². The monoisotopic (exact) mass is 862 g/mol. The van der Waals surface area contributed by atoms with Crippen LogP contribution in [0.2, 0.25) is 0 Å². The highest BCUT2D eigenvalue weighted by Crippen LogP contribution is 2.59. The normalized spacial score (nSPS) is 22.0. The van der Waals surface area contributed by atoms with Crippen LogP contribution >= 0.6 is 0 Å². The Labute approximate surface area is 365 Å². The zero-order chi connectivity index (χ0) is 44.5. The summed E-state index contributed by atoms with van der Waals surface area (Å²) in [7, 11) is 3.13. The Hall–Kier alpha value is -5.67. The van der Waals surface area contributed by atoms with Gasteiger partial charge in [-0.15, -0.1) is 0 Å². The summed E-state index contributed by atoms with van der Waals surface area (Å²) in [5.74, 6) is -2.87. The van der Waals surface area contributed by atoms with Crippen LogP contribution < -0.4 is 16.0 Å². The van der Waals surface area contributed by atoms with Crippen LogP contribution in [0.5, 0.6) is 0 Å². The number of imidazole rings is 2. The Bertz CT molecular complexity index is 2580. The Balaban J connectivity index is 0.944. The third-order valence-corrected chi connectivity index (χ3v) is 14.0. The number of H-pyrrole nitrogens is 2. The molecule has 5 aromatic rings. The number of rotatable bonds is 12. The van der Waals surface area contributed by atoms with Crippen molar-refractivity contribution in [1.82, 2.24) is 40.8 Å². The molecule has 2 aromatic heterocycles. The number of ether oxygens (including phenoxy) is 1. The van der Waals surface area contributed by atoms with Crippen LogP contribution in [-0.2, 0) is 20.2 Å². The molecule has 3 fully saturated rings. The van der Waals surface area contributed by atoms with Gasteiger partial charge in [-0.2, -0.15) is 8.78 Å². The van der Waals surface area contributed by atoms with Crippen LogP contribution in [0.4, 0.5) is 13.6 Å². The zero-order valence-corrected chi connectivity index (χ0v) is 36.5. The molecule has 1 aliphatic heterocycles. The van der Waals surface area contributed by atoms with Crippen molar-refractivity contribution in [3.05, 3.63) is 83.6 Å². The van der Waals surface area contributed by atoms with Crippen LogP contribution in [0.25, 0.3) is 44.5 Å². The van der Waals surface area contributed by atoms with Gasteiger partial charge in [-0.1, -0.05) is 58.0 Å². The lowest BCUT2D eigenvalue weighted by molar-refractivity contribution is -0.139. The molecular formula is C48H56F2N8O5. The molecule has 0 bridgehead atoms. The molecule has 63 heavy (non-hydrogen) atoms. The number of aliphatic hydroxyl groups excluding tert-OH is 1. The molecule has 3 amide bonds. The number of amides is 3. The zero-order valence-electron chi connectivity index (χ0n) is 36.5. The first-order valence-electron chi connectivity index (χ1n) is 22.1. The molecule has 3 heterocycles. The van der Waals surface area contributed by atoms with Gasteiger partial charge in [0.15, 0.2) is 0 Å². The average Bonchev–Trinajstić information content (AvgIpc) is 3.78. The second-order valence-electron chi connectivity index (χ2n) is 18.9. The van der Waals surface area contributed by atoms with Crippen molar-refractivity contribution >= 4 is 28.9 Å². The molecule has 6 N–H and O–H groups in total. The van der Waals surface area contributed by atoms with Gasteiger partial charge >= 0.3 is 6.09 Å². The lowest BCUT2D eigenvalue weighted by Crippen LogP contribution is -2.57. The van der Waals surface area contributed by atoms with E-state index in [0.717, 1.165) is 54.5 Å². The quantitative estimate of drug-likeness (QED) is 0.0738. The number of hydrogen-bond donors (Lipinski definition) is 6. The fourth-order valence-electron chi connectivity index (χ4n) is 10.2. The number of methoxy groups -OCH3 is 1. The molecule has 13 nitrogen and oxygen atoms in total. The van der Waals surface area contributed by atoms with E-state index in [1.54, 1.807) is 43.1 Å². The van der Waals surface area contributed by atoms with Gasteiger partial charge in [0.25, 0.3) is 5.92 Å². The van der Waals surface area contributed by atoms with Crippen molar-refractivity contribution < 1.29 is 33.0 Å². The van der Waals surface area contributed by atoms with Crippen molar-refractivity contribution in [2.24, 2.45) is 23.2 Å². The van der Waals surface area contributed by atoms with E-state index in [2.05, 4.69) is 25.9 Å². The SMILES string of the molecule is CNC(c1nc2ccc(-c3ccc4c(c3)C(F)(F)c3cc(-c5cnc(C6CC7(CC7)CN6C(=O)C(NC(=O)C(NC(=O)OC)C(C)C)C(C)C)[nH]5)ccc3-4)cc2[nH]1)C1CCC(O)C1. The number of aromatic nitrogens is 4. The van der Waals surface area contributed by atoms with E-state index >= 15 is 8.78 Å². The number of fused-ring (bicyclic) bond motifs is 4. The van der Waals surface area contributed by atoms with Crippen LogP contribution in [0, 0.1) is 23.2 Å². The first kappa shape index (κ1) is 42.6. The Kier molecular flexibility index (Phi) is 10.9. The van der Waals surface area contributed by atoms with E-state index in [-0.39, 0.29) is 52.3 Å². The molecule has 332 valence electrons. The van der Waals surface area contributed by atoms with Gasteiger partial charge < -0.3 is 40.7 Å². The molecule has 4 aliphatic rings. The van der Waals surface area contributed by atoms with E-state index in [4.69, 9.17) is 14.7 Å². The molecule has 1 spiro atoms. The van der Waals surface area contributed by atoms with E-state index in [1.807, 2.05) is 51.2 Å². The minimum atomic E-state index is -3.26. The number of hydrogen-bond acceptors (Lipinski definition) is 8. The molecule has 15 heteroatoms. The number of aromatic amines is 2. The summed E-state index contributed by atoms with van der Waals surface area (Å²) in [6.07, 6.45) is 5.65. The maximum Gasteiger partial charge on any atom is 0.407 e. The molecule has 3 aliphatic carbocycles. The highest BCUT2D eigenvalue weighted by molar-refractivity contribution is 5.92. The van der Waals surface area contributed by atoms with Crippen molar-refractivity contribution in [3.8, 4) is 33.5 Å². The minimum Gasteiger partial charge on any atom is -0.453 e. The third-order valence-electron chi connectivity index (χ3n) is 14.0. The number of nitrogens with zero attached hydrogens (tertiary/aromatic N) is 3. The van der Waals surface area contributed by atoms with Crippen LogP contribution in [0.1, 0.15) is 101 Å². The van der Waals surface area contributed by atoms with Gasteiger partial charge in [0.1, 0.15) is 23.7 Å². The summed E-state index contributed by atoms with van der Waals surface area (Å²) in [4.78, 5) is 58.1. The van der Waals surface area contributed by atoms with Gasteiger partial charge in [0.05, 0.1) is 48.2 Å². The number of aliphatic hydroxyl groups is 1. The molecule has 3 aromatic carbocycles. The van der Waals surface area contributed by atoms with Gasteiger partial charge in [-0.3, -0.25) is 9.59 Å². The second-order valence-corrected chi connectivity index (χ2v) is 18.9. The predicted octanol–water partition coefficient (Wildman–Crippen LogP) is 7.74. The number of alkyl carbamates (subject to hydrolysis) is 1. The topological polar surface area (TPSA) is 177 Å².